The third-order valence-electron chi connectivity index (χ3n) is 2.02. The number of carbonyl (C=O) groups excluding carboxylic acids is 1. The van der Waals surface area contributed by atoms with Gasteiger partial charge in [-0.2, -0.15) is 4.98 Å². The Morgan fingerprint density at radius 1 is 1.39 bits per heavy atom. The van der Waals surface area contributed by atoms with E-state index in [0.717, 1.165) is 0 Å². The molecule has 0 saturated carbocycles. The summed E-state index contributed by atoms with van der Waals surface area (Å²) in [5, 5.41) is 6.92. The Morgan fingerprint density at radius 3 is 2.67 bits per heavy atom. The summed E-state index contributed by atoms with van der Waals surface area (Å²) in [4.78, 5) is 15.5. The lowest BCUT2D eigenvalue weighted by Gasteiger charge is -2.19. The molecule has 0 atom stereocenters. The van der Waals surface area contributed by atoms with Crippen molar-refractivity contribution in [2.45, 2.75) is 46.1 Å². The number of esters is 1. The zero-order valence-electron chi connectivity index (χ0n) is 11.4. The van der Waals surface area contributed by atoms with Crippen LogP contribution < -0.4 is 5.32 Å². The van der Waals surface area contributed by atoms with Gasteiger partial charge in [0.25, 0.3) is 0 Å². The second kappa shape index (κ2) is 6.49. The summed E-state index contributed by atoms with van der Waals surface area (Å²) in [6.07, 6.45) is 1.05. The van der Waals surface area contributed by atoms with E-state index in [1.807, 2.05) is 20.8 Å². The maximum atomic E-state index is 11.4. The molecular weight excluding hydrogens is 234 g/mol. The van der Waals surface area contributed by atoms with Crippen LogP contribution in [0.2, 0.25) is 0 Å². The molecule has 0 aliphatic rings. The van der Waals surface area contributed by atoms with E-state index >= 15 is 0 Å². The predicted molar refractivity (Wildman–Crippen MR) is 66.1 cm³/mol. The summed E-state index contributed by atoms with van der Waals surface area (Å²) >= 11 is 0. The van der Waals surface area contributed by atoms with E-state index in [9.17, 15) is 4.79 Å². The number of rotatable bonds is 6. The topological polar surface area (TPSA) is 77.2 Å². The van der Waals surface area contributed by atoms with E-state index < -0.39 is 5.60 Å². The summed E-state index contributed by atoms with van der Waals surface area (Å²) in [7, 11) is 0. The number of hydrogen-bond acceptors (Lipinski definition) is 6. The standard InChI is InChI=1S/C12H21N3O3/c1-9-14-10(15-18-9)5-7-13-8-6-11(16)17-12(2,3)4/h13H,5-8H2,1-4H3. The molecule has 0 bridgehead atoms. The minimum absolute atomic E-state index is 0.189. The molecule has 6 heteroatoms. The molecule has 0 spiro atoms. The fraction of sp³-hybridized carbons (Fsp3) is 0.750. The Morgan fingerprint density at radius 2 is 2.11 bits per heavy atom. The summed E-state index contributed by atoms with van der Waals surface area (Å²) in [6, 6.07) is 0. The monoisotopic (exact) mass is 255 g/mol. The zero-order valence-corrected chi connectivity index (χ0v) is 11.4. The normalized spacial score (nSPS) is 11.6. The molecule has 0 radical (unpaired) electrons. The third-order valence-corrected chi connectivity index (χ3v) is 2.02. The molecular formula is C12H21N3O3. The second-order valence-corrected chi connectivity index (χ2v) is 5.07. The van der Waals surface area contributed by atoms with Crippen LogP contribution in [0.1, 0.15) is 38.9 Å². The van der Waals surface area contributed by atoms with Gasteiger partial charge in [-0.1, -0.05) is 5.16 Å². The van der Waals surface area contributed by atoms with Gasteiger partial charge in [0.15, 0.2) is 5.82 Å². The SMILES string of the molecule is Cc1nc(CCNCCC(=O)OC(C)(C)C)no1. The van der Waals surface area contributed by atoms with Crippen LogP contribution in [0.25, 0.3) is 0 Å². The molecule has 0 amide bonds. The fourth-order valence-corrected chi connectivity index (χ4v) is 1.35. The Kier molecular flexibility index (Phi) is 5.27. The molecule has 1 N–H and O–H groups in total. The molecule has 102 valence electrons. The largest absolute Gasteiger partial charge is 0.460 e. The Hall–Kier alpha value is -1.43. The van der Waals surface area contributed by atoms with Gasteiger partial charge in [0.05, 0.1) is 6.42 Å². The van der Waals surface area contributed by atoms with Crippen LogP contribution in [0.15, 0.2) is 4.52 Å². The van der Waals surface area contributed by atoms with Crippen LogP contribution in [-0.4, -0.2) is 34.8 Å². The molecule has 1 aromatic rings. The van der Waals surface area contributed by atoms with Crippen LogP contribution >= 0.6 is 0 Å². The van der Waals surface area contributed by atoms with Crippen molar-refractivity contribution in [3.05, 3.63) is 11.7 Å². The highest BCUT2D eigenvalue weighted by Crippen LogP contribution is 2.07. The first-order valence-electron chi connectivity index (χ1n) is 6.08. The molecule has 18 heavy (non-hydrogen) atoms. The first-order valence-corrected chi connectivity index (χ1v) is 6.08. The number of nitrogens with one attached hydrogen (secondary N) is 1. The number of hydrogen-bond donors (Lipinski definition) is 1. The number of carbonyl (C=O) groups is 1. The van der Waals surface area contributed by atoms with Gasteiger partial charge < -0.3 is 14.6 Å². The van der Waals surface area contributed by atoms with Gasteiger partial charge in [0.1, 0.15) is 5.60 Å². The number of ether oxygens (including phenoxy) is 1. The molecule has 0 aromatic carbocycles. The molecule has 0 aliphatic carbocycles. The minimum atomic E-state index is -0.417. The van der Waals surface area contributed by atoms with Gasteiger partial charge in [-0.3, -0.25) is 4.79 Å². The molecule has 0 aliphatic heterocycles. The maximum absolute atomic E-state index is 11.4. The van der Waals surface area contributed by atoms with Crippen molar-refractivity contribution in [1.29, 1.82) is 0 Å². The van der Waals surface area contributed by atoms with Crippen molar-refractivity contribution >= 4 is 5.97 Å². The Bertz CT molecular complexity index is 382. The predicted octanol–water partition coefficient (Wildman–Crippen LogP) is 1.24. The summed E-state index contributed by atoms with van der Waals surface area (Å²) < 4.78 is 10.0. The van der Waals surface area contributed by atoms with Crippen LogP contribution in [0.3, 0.4) is 0 Å². The highest BCUT2D eigenvalue weighted by molar-refractivity contribution is 5.70. The molecule has 0 fully saturated rings. The van der Waals surface area contributed by atoms with Gasteiger partial charge in [-0.15, -0.1) is 0 Å². The average Bonchev–Trinajstić information content (AvgIpc) is 2.61. The fourth-order valence-electron chi connectivity index (χ4n) is 1.35. The first kappa shape index (κ1) is 14.6. The van der Waals surface area contributed by atoms with Gasteiger partial charge in [-0.05, 0) is 20.8 Å². The van der Waals surface area contributed by atoms with Crippen molar-refractivity contribution in [2.75, 3.05) is 13.1 Å². The third kappa shape index (κ3) is 6.34. The van der Waals surface area contributed by atoms with E-state index in [1.165, 1.54) is 0 Å². The van der Waals surface area contributed by atoms with E-state index in [0.29, 0.717) is 37.6 Å². The summed E-state index contributed by atoms with van der Waals surface area (Å²) in [5.41, 5.74) is -0.417. The van der Waals surface area contributed by atoms with E-state index in [1.54, 1.807) is 6.92 Å². The molecule has 0 saturated heterocycles. The van der Waals surface area contributed by atoms with Gasteiger partial charge in [0, 0.05) is 26.4 Å². The number of aryl methyl sites for hydroxylation is 1. The van der Waals surface area contributed by atoms with Crippen LogP contribution in [-0.2, 0) is 16.0 Å². The maximum Gasteiger partial charge on any atom is 0.307 e. The number of nitrogens with zero attached hydrogens (tertiary/aromatic N) is 2. The van der Waals surface area contributed by atoms with E-state index in [-0.39, 0.29) is 5.97 Å². The lowest BCUT2D eigenvalue weighted by atomic mass is 10.2. The van der Waals surface area contributed by atoms with E-state index in [2.05, 4.69) is 15.5 Å². The molecule has 1 rings (SSSR count). The van der Waals surface area contributed by atoms with Crippen molar-refractivity contribution in [2.24, 2.45) is 0 Å². The lowest BCUT2D eigenvalue weighted by Crippen LogP contribution is -2.27. The van der Waals surface area contributed by atoms with Crippen molar-refractivity contribution in [3.63, 3.8) is 0 Å². The quantitative estimate of drug-likeness (QED) is 0.608. The Labute approximate surface area is 107 Å². The van der Waals surface area contributed by atoms with E-state index in [4.69, 9.17) is 9.26 Å². The Balaban J connectivity index is 2.07. The minimum Gasteiger partial charge on any atom is -0.460 e. The zero-order chi connectivity index (χ0) is 13.6. The summed E-state index contributed by atoms with van der Waals surface area (Å²) in [6.45, 7) is 8.63. The van der Waals surface area contributed by atoms with Crippen LogP contribution in [0.4, 0.5) is 0 Å². The molecule has 6 nitrogen and oxygen atoms in total. The highest BCUT2D eigenvalue weighted by Gasteiger charge is 2.15. The molecule has 0 unspecified atom stereocenters. The van der Waals surface area contributed by atoms with Gasteiger partial charge in [-0.25, -0.2) is 0 Å². The van der Waals surface area contributed by atoms with Crippen LogP contribution in [0, 0.1) is 6.92 Å². The van der Waals surface area contributed by atoms with Gasteiger partial charge in [0.2, 0.25) is 5.89 Å². The van der Waals surface area contributed by atoms with Crippen molar-refractivity contribution < 1.29 is 14.1 Å². The average molecular weight is 255 g/mol. The van der Waals surface area contributed by atoms with Gasteiger partial charge >= 0.3 is 5.97 Å². The molecule has 1 aromatic heterocycles. The highest BCUT2D eigenvalue weighted by atomic mass is 16.6. The van der Waals surface area contributed by atoms with Crippen molar-refractivity contribution in [3.8, 4) is 0 Å². The number of aromatic nitrogens is 2. The van der Waals surface area contributed by atoms with Crippen LogP contribution in [0.5, 0.6) is 0 Å². The summed E-state index contributed by atoms with van der Waals surface area (Å²) in [5.74, 6) is 1.06. The second-order valence-electron chi connectivity index (χ2n) is 5.07. The van der Waals surface area contributed by atoms with Crippen molar-refractivity contribution in [1.82, 2.24) is 15.5 Å². The lowest BCUT2D eigenvalue weighted by molar-refractivity contribution is -0.154. The first-order chi connectivity index (χ1) is 8.37. The smallest absolute Gasteiger partial charge is 0.307 e. The molecule has 1 heterocycles.